The minimum absolute atomic E-state index is 0.443. The molecule has 0 N–H and O–H groups in total. The molecule has 0 bridgehead atoms. The third-order valence-corrected chi connectivity index (χ3v) is 5.57. The molecule has 0 saturated heterocycles. The van der Waals surface area contributed by atoms with Gasteiger partial charge in [0.25, 0.3) is 0 Å². The van der Waals surface area contributed by atoms with Crippen molar-refractivity contribution in [1.29, 1.82) is 5.26 Å². The molecule has 0 spiro atoms. The summed E-state index contributed by atoms with van der Waals surface area (Å²) in [6, 6.07) is 19.2. The summed E-state index contributed by atoms with van der Waals surface area (Å²) >= 11 is 13.6. The summed E-state index contributed by atoms with van der Waals surface area (Å²) in [4.78, 5) is 4.62. The average molecular weight is 437 g/mol. The molecule has 0 radical (unpaired) electrons. The number of furan rings is 1. The van der Waals surface area contributed by atoms with Crippen molar-refractivity contribution in [2.24, 2.45) is 0 Å². The average Bonchev–Trinajstić information content (AvgIpc) is 3.36. The summed E-state index contributed by atoms with van der Waals surface area (Å²) in [5.74, 6) is 1.18. The van der Waals surface area contributed by atoms with Crippen LogP contribution in [0.1, 0.15) is 16.3 Å². The number of benzene rings is 2. The van der Waals surface area contributed by atoms with Crippen molar-refractivity contribution in [3.8, 4) is 28.7 Å². The zero-order chi connectivity index (χ0) is 20.4. The van der Waals surface area contributed by atoms with Crippen molar-refractivity contribution in [3.63, 3.8) is 0 Å². The monoisotopic (exact) mass is 436 g/mol. The fraction of sp³-hybridized carbons (Fsp3) is 0.0435. The molecule has 0 saturated carbocycles. The lowest BCUT2D eigenvalue weighted by atomic mass is 10.1. The zero-order valence-electron chi connectivity index (χ0n) is 15.3. The second kappa shape index (κ2) is 8.26. The van der Waals surface area contributed by atoms with Crippen LogP contribution in [-0.2, 0) is 0 Å². The van der Waals surface area contributed by atoms with Crippen molar-refractivity contribution < 1.29 is 4.42 Å². The highest BCUT2D eigenvalue weighted by Crippen LogP contribution is 2.31. The van der Waals surface area contributed by atoms with Gasteiger partial charge in [-0.3, -0.25) is 0 Å². The van der Waals surface area contributed by atoms with Crippen molar-refractivity contribution in [2.45, 2.75) is 6.92 Å². The molecule has 0 atom stereocenters. The molecule has 142 valence electrons. The molecule has 3 nitrogen and oxygen atoms in total. The topological polar surface area (TPSA) is 49.8 Å². The van der Waals surface area contributed by atoms with E-state index in [1.165, 1.54) is 16.9 Å². The standard InChI is InChI=1S/C23H14Cl2N2OS/c1-14-2-4-15(5-3-14)21-13-29-23(27-21)17(12-26)10-20-6-7-22(28-20)16-8-18(24)11-19(25)9-16/h2-11,13H,1H3. The molecule has 0 aliphatic heterocycles. The number of nitriles is 1. The van der Waals surface area contributed by atoms with Gasteiger partial charge < -0.3 is 4.42 Å². The molecule has 4 rings (SSSR count). The van der Waals surface area contributed by atoms with Gasteiger partial charge in [-0.15, -0.1) is 11.3 Å². The van der Waals surface area contributed by atoms with E-state index in [0.29, 0.717) is 32.1 Å². The SMILES string of the molecule is Cc1ccc(-c2csc(C(C#N)=Cc3ccc(-c4cc(Cl)cc(Cl)c4)o3)n2)cc1. The molecule has 4 aromatic rings. The van der Waals surface area contributed by atoms with Crippen LogP contribution in [0.4, 0.5) is 0 Å². The molecule has 0 fully saturated rings. The van der Waals surface area contributed by atoms with E-state index in [0.717, 1.165) is 16.8 Å². The van der Waals surface area contributed by atoms with Gasteiger partial charge in [0.05, 0.1) is 11.3 Å². The van der Waals surface area contributed by atoms with Crippen molar-refractivity contribution in [3.05, 3.63) is 86.4 Å². The van der Waals surface area contributed by atoms with Gasteiger partial charge in [-0.1, -0.05) is 53.0 Å². The fourth-order valence-electron chi connectivity index (χ4n) is 2.82. The Balaban J connectivity index is 1.63. The number of hydrogen-bond acceptors (Lipinski definition) is 4. The normalized spacial score (nSPS) is 11.4. The number of hydrogen-bond donors (Lipinski definition) is 0. The van der Waals surface area contributed by atoms with Gasteiger partial charge in [0.1, 0.15) is 22.6 Å². The summed E-state index contributed by atoms with van der Waals surface area (Å²) < 4.78 is 5.87. The highest BCUT2D eigenvalue weighted by Gasteiger charge is 2.11. The molecular formula is C23H14Cl2N2OS. The van der Waals surface area contributed by atoms with E-state index in [9.17, 15) is 5.26 Å². The van der Waals surface area contributed by atoms with Crippen molar-refractivity contribution >= 4 is 46.2 Å². The van der Waals surface area contributed by atoms with Gasteiger partial charge in [-0.05, 0) is 37.3 Å². The maximum absolute atomic E-state index is 9.63. The number of rotatable bonds is 4. The van der Waals surface area contributed by atoms with E-state index < -0.39 is 0 Å². The minimum atomic E-state index is 0.443. The first-order valence-electron chi connectivity index (χ1n) is 8.73. The lowest BCUT2D eigenvalue weighted by Crippen LogP contribution is -1.82. The number of halogens is 2. The first kappa shape index (κ1) is 19.5. The maximum atomic E-state index is 9.63. The number of thiazole rings is 1. The molecule has 0 aliphatic rings. The van der Waals surface area contributed by atoms with Gasteiger partial charge in [-0.2, -0.15) is 5.26 Å². The van der Waals surface area contributed by atoms with E-state index >= 15 is 0 Å². The largest absolute Gasteiger partial charge is 0.457 e. The van der Waals surface area contributed by atoms with Gasteiger partial charge in [0.2, 0.25) is 0 Å². The van der Waals surface area contributed by atoms with Crippen LogP contribution in [0.15, 0.2) is 64.4 Å². The van der Waals surface area contributed by atoms with Crippen LogP contribution in [0, 0.1) is 18.3 Å². The number of allylic oxidation sites excluding steroid dienone is 1. The highest BCUT2D eigenvalue weighted by molar-refractivity contribution is 7.11. The molecule has 29 heavy (non-hydrogen) atoms. The second-order valence-electron chi connectivity index (χ2n) is 6.43. The Morgan fingerprint density at radius 3 is 2.45 bits per heavy atom. The summed E-state index contributed by atoms with van der Waals surface area (Å²) in [6.45, 7) is 2.04. The Morgan fingerprint density at radius 1 is 1.03 bits per heavy atom. The van der Waals surface area contributed by atoms with E-state index in [1.54, 1.807) is 30.3 Å². The van der Waals surface area contributed by atoms with Crippen LogP contribution in [0.5, 0.6) is 0 Å². The van der Waals surface area contributed by atoms with Gasteiger partial charge >= 0.3 is 0 Å². The minimum Gasteiger partial charge on any atom is -0.457 e. The maximum Gasteiger partial charge on any atom is 0.134 e. The number of nitrogens with zero attached hydrogens (tertiary/aromatic N) is 2. The smallest absolute Gasteiger partial charge is 0.134 e. The van der Waals surface area contributed by atoms with E-state index in [1.807, 2.05) is 42.6 Å². The summed E-state index contributed by atoms with van der Waals surface area (Å²) in [7, 11) is 0. The van der Waals surface area contributed by atoms with Crippen molar-refractivity contribution in [2.75, 3.05) is 0 Å². The first-order valence-corrected chi connectivity index (χ1v) is 10.4. The highest BCUT2D eigenvalue weighted by atomic mass is 35.5. The summed E-state index contributed by atoms with van der Waals surface area (Å²) in [6.07, 6.45) is 1.69. The van der Waals surface area contributed by atoms with Gasteiger partial charge in [0, 0.05) is 32.6 Å². The van der Waals surface area contributed by atoms with Crippen LogP contribution < -0.4 is 0 Å². The lowest BCUT2D eigenvalue weighted by molar-refractivity contribution is 0.572. The lowest BCUT2D eigenvalue weighted by Gasteiger charge is -1.99. The Hall–Kier alpha value is -2.84. The van der Waals surface area contributed by atoms with Crippen molar-refractivity contribution in [1.82, 2.24) is 4.98 Å². The van der Waals surface area contributed by atoms with E-state index in [-0.39, 0.29) is 0 Å². The van der Waals surface area contributed by atoms with Crippen LogP contribution in [0.2, 0.25) is 10.0 Å². The first-order chi connectivity index (χ1) is 14.0. The van der Waals surface area contributed by atoms with E-state index in [2.05, 4.69) is 11.1 Å². The Bertz CT molecular complexity index is 1230. The number of aryl methyl sites for hydroxylation is 1. The van der Waals surface area contributed by atoms with Gasteiger partial charge in [-0.25, -0.2) is 4.98 Å². The Labute approximate surface area is 182 Å². The quantitative estimate of drug-likeness (QED) is 0.307. The Kier molecular flexibility index (Phi) is 5.55. The second-order valence-corrected chi connectivity index (χ2v) is 8.16. The predicted octanol–water partition coefficient (Wildman–Crippen LogP) is 7.75. The molecular weight excluding hydrogens is 423 g/mol. The molecule has 2 aromatic carbocycles. The molecule has 0 amide bonds. The van der Waals surface area contributed by atoms with Crippen LogP contribution in [0.25, 0.3) is 34.2 Å². The predicted molar refractivity (Wildman–Crippen MR) is 120 cm³/mol. The van der Waals surface area contributed by atoms with Crippen LogP contribution in [-0.4, -0.2) is 4.98 Å². The fourth-order valence-corrected chi connectivity index (χ4v) is 4.14. The zero-order valence-corrected chi connectivity index (χ0v) is 17.6. The summed E-state index contributed by atoms with van der Waals surface area (Å²) in [5.41, 5.74) is 4.28. The third kappa shape index (κ3) is 4.44. The molecule has 2 heterocycles. The third-order valence-electron chi connectivity index (χ3n) is 4.26. The number of aromatic nitrogens is 1. The molecule has 2 aromatic heterocycles. The molecule has 0 unspecified atom stereocenters. The molecule has 0 aliphatic carbocycles. The van der Waals surface area contributed by atoms with E-state index in [4.69, 9.17) is 27.6 Å². The Morgan fingerprint density at radius 2 is 1.76 bits per heavy atom. The van der Waals surface area contributed by atoms with Crippen LogP contribution >= 0.6 is 34.5 Å². The van der Waals surface area contributed by atoms with Gasteiger partial charge in [0.15, 0.2) is 0 Å². The molecule has 6 heteroatoms. The van der Waals surface area contributed by atoms with Crippen LogP contribution in [0.3, 0.4) is 0 Å². The summed E-state index contributed by atoms with van der Waals surface area (Å²) in [5, 5.41) is 13.3.